The van der Waals surface area contributed by atoms with Crippen LogP contribution in [0.5, 0.6) is 5.75 Å². The lowest BCUT2D eigenvalue weighted by atomic mass is 9.84. The van der Waals surface area contributed by atoms with E-state index in [0.717, 1.165) is 18.8 Å². The Labute approximate surface area is 104 Å². The van der Waals surface area contributed by atoms with Crippen LogP contribution < -0.4 is 10.5 Å². The molecule has 3 nitrogen and oxygen atoms in total. The molecule has 3 heteroatoms. The minimum Gasteiger partial charge on any atom is -0.496 e. The van der Waals surface area contributed by atoms with Gasteiger partial charge in [-0.15, -0.1) is 0 Å². The van der Waals surface area contributed by atoms with Gasteiger partial charge in [0, 0.05) is 11.6 Å². The zero-order valence-corrected chi connectivity index (χ0v) is 10.7. The van der Waals surface area contributed by atoms with Crippen LogP contribution in [-0.2, 0) is 0 Å². The molecule has 0 spiro atoms. The van der Waals surface area contributed by atoms with E-state index in [1.165, 1.54) is 18.4 Å². The molecule has 94 valence electrons. The van der Waals surface area contributed by atoms with Crippen molar-refractivity contribution in [2.24, 2.45) is 11.7 Å². The van der Waals surface area contributed by atoms with Gasteiger partial charge in [0.05, 0.1) is 7.11 Å². The van der Waals surface area contributed by atoms with Gasteiger partial charge in [0.2, 0.25) is 0 Å². The number of likely N-dealkylation sites (tertiary alicyclic amines) is 1. The standard InChI is InChI=1S/C14H22N2O/c1-16-9-5-6-11(10-15)14(16)12-7-3-4-8-13(12)17-2/h3-4,7-8,11,14H,5-6,9-10,15H2,1-2H3/t11-,14+/m1/s1. The van der Waals surface area contributed by atoms with E-state index in [-0.39, 0.29) is 0 Å². The van der Waals surface area contributed by atoms with Gasteiger partial charge in [0.1, 0.15) is 5.75 Å². The van der Waals surface area contributed by atoms with Gasteiger partial charge in [-0.1, -0.05) is 18.2 Å². The molecule has 0 saturated carbocycles. The predicted molar refractivity (Wildman–Crippen MR) is 70.1 cm³/mol. The Morgan fingerprint density at radius 1 is 1.41 bits per heavy atom. The first-order valence-electron chi connectivity index (χ1n) is 6.31. The fourth-order valence-corrected chi connectivity index (χ4v) is 2.91. The minimum atomic E-state index is 0.393. The van der Waals surface area contributed by atoms with Crippen molar-refractivity contribution in [2.45, 2.75) is 18.9 Å². The smallest absolute Gasteiger partial charge is 0.123 e. The van der Waals surface area contributed by atoms with Gasteiger partial charge in [-0.05, 0) is 45.0 Å². The lowest BCUT2D eigenvalue weighted by Gasteiger charge is -2.39. The Balaban J connectivity index is 2.34. The van der Waals surface area contributed by atoms with Crippen LogP contribution in [0.2, 0.25) is 0 Å². The summed E-state index contributed by atoms with van der Waals surface area (Å²) in [6, 6.07) is 8.68. The summed E-state index contributed by atoms with van der Waals surface area (Å²) in [4.78, 5) is 2.40. The maximum absolute atomic E-state index is 5.92. The number of benzene rings is 1. The summed E-state index contributed by atoms with van der Waals surface area (Å²) in [6.07, 6.45) is 2.45. The Kier molecular flexibility index (Phi) is 4.02. The molecular formula is C14H22N2O. The molecule has 1 fully saturated rings. The number of methoxy groups -OCH3 is 1. The van der Waals surface area contributed by atoms with Crippen molar-refractivity contribution in [2.75, 3.05) is 27.2 Å². The van der Waals surface area contributed by atoms with E-state index in [2.05, 4.69) is 24.1 Å². The van der Waals surface area contributed by atoms with Gasteiger partial charge in [-0.25, -0.2) is 0 Å². The number of nitrogens with zero attached hydrogens (tertiary/aromatic N) is 1. The zero-order valence-electron chi connectivity index (χ0n) is 10.7. The first kappa shape index (κ1) is 12.4. The van der Waals surface area contributed by atoms with Crippen molar-refractivity contribution < 1.29 is 4.74 Å². The molecule has 2 rings (SSSR count). The maximum Gasteiger partial charge on any atom is 0.123 e. The summed E-state index contributed by atoms with van der Waals surface area (Å²) in [5, 5.41) is 0. The number of para-hydroxylation sites is 1. The van der Waals surface area contributed by atoms with Crippen LogP contribution in [0.1, 0.15) is 24.4 Å². The average molecular weight is 234 g/mol. The monoisotopic (exact) mass is 234 g/mol. The van der Waals surface area contributed by atoms with E-state index in [0.29, 0.717) is 12.0 Å². The molecule has 0 amide bonds. The van der Waals surface area contributed by atoms with E-state index in [9.17, 15) is 0 Å². The summed E-state index contributed by atoms with van der Waals surface area (Å²) >= 11 is 0. The summed E-state index contributed by atoms with van der Waals surface area (Å²) < 4.78 is 5.47. The lowest BCUT2D eigenvalue weighted by Crippen LogP contribution is -2.39. The number of hydrogen-bond donors (Lipinski definition) is 1. The van der Waals surface area contributed by atoms with Gasteiger partial charge >= 0.3 is 0 Å². The predicted octanol–water partition coefficient (Wildman–Crippen LogP) is 2.04. The zero-order chi connectivity index (χ0) is 12.3. The highest BCUT2D eigenvalue weighted by Gasteiger charge is 2.31. The molecule has 1 heterocycles. The van der Waals surface area contributed by atoms with E-state index in [1.807, 2.05) is 12.1 Å². The van der Waals surface area contributed by atoms with E-state index in [4.69, 9.17) is 10.5 Å². The Hall–Kier alpha value is -1.06. The second kappa shape index (κ2) is 5.52. The molecule has 1 aromatic rings. The fourth-order valence-electron chi connectivity index (χ4n) is 2.91. The second-order valence-corrected chi connectivity index (χ2v) is 4.81. The van der Waals surface area contributed by atoms with Crippen LogP contribution in [-0.4, -0.2) is 32.1 Å². The number of piperidine rings is 1. The lowest BCUT2D eigenvalue weighted by molar-refractivity contribution is 0.123. The van der Waals surface area contributed by atoms with Crippen LogP contribution in [0.15, 0.2) is 24.3 Å². The van der Waals surface area contributed by atoms with Crippen molar-refractivity contribution in [3.05, 3.63) is 29.8 Å². The molecular weight excluding hydrogens is 212 g/mol. The third-order valence-electron chi connectivity index (χ3n) is 3.77. The van der Waals surface area contributed by atoms with Crippen LogP contribution in [0.3, 0.4) is 0 Å². The Bertz CT molecular complexity index is 367. The minimum absolute atomic E-state index is 0.393. The van der Waals surface area contributed by atoms with Crippen molar-refractivity contribution in [3.63, 3.8) is 0 Å². The van der Waals surface area contributed by atoms with Crippen molar-refractivity contribution in [3.8, 4) is 5.75 Å². The number of ether oxygens (including phenoxy) is 1. The quantitative estimate of drug-likeness (QED) is 0.869. The number of rotatable bonds is 3. The van der Waals surface area contributed by atoms with Crippen molar-refractivity contribution in [1.82, 2.24) is 4.90 Å². The molecule has 1 aromatic carbocycles. The summed E-state index contributed by atoms with van der Waals surface area (Å²) in [5.74, 6) is 1.51. The topological polar surface area (TPSA) is 38.5 Å². The molecule has 1 aliphatic rings. The molecule has 0 bridgehead atoms. The van der Waals surface area contributed by atoms with Crippen molar-refractivity contribution >= 4 is 0 Å². The summed E-state index contributed by atoms with van der Waals surface area (Å²) in [5.41, 5.74) is 7.19. The van der Waals surface area contributed by atoms with Crippen LogP contribution in [0, 0.1) is 5.92 Å². The fraction of sp³-hybridized carbons (Fsp3) is 0.571. The molecule has 2 atom stereocenters. The molecule has 1 saturated heterocycles. The second-order valence-electron chi connectivity index (χ2n) is 4.81. The molecule has 0 radical (unpaired) electrons. The van der Waals surface area contributed by atoms with Crippen LogP contribution in [0.25, 0.3) is 0 Å². The Morgan fingerprint density at radius 2 is 2.18 bits per heavy atom. The van der Waals surface area contributed by atoms with E-state index in [1.54, 1.807) is 7.11 Å². The molecule has 0 unspecified atom stereocenters. The molecule has 0 aromatic heterocycles. The highest BCUT2D eigenvalue weighted by Crippen LogP contribution is 2.38. The molecule has 2 N–H and O–H groups in total. The van der Waals surface area contributed by atoms with Gasteiger partial charge in [-0.2, -0.15) is 0 Å². The van der Waals surface area contributed by atoms with Gasteiger partial charge < -0.3 is 10.5 Å². The number of nitrogens with two attached hydrogens (primary N) is 1. The average Bonchev–Trinajstić information content (AvgIpc) is 2.38. The van der Waals surface area contributed by atoms with Crippen molar-refractivity contribution in [1.29, 1.82) is 0 Å². The normalized spacial score (nSPS) is 25.8. The van der Waals surface area contributed by atoms with E-state index < -0.39 is 0 Å². The highest BCUT2D eigenvalue weighted by atomic mass is 16.5. The van der Waals surface area contributed by atoms with Gasteiger partial charge in [-0.3, -0.25) is 4.90 Å². The summed E-state index contributed by atoms with van der Waals surface area (Å²) in [6.45, 7) is 1.88. The maximum atomic E-state index is 5.92. The molecule has 17 heavy (non-hydrogen) atoms. The third kappa shape index (κ3) is 2.45. The first-order valence-corrected chi connectivity index (χ1v) is 6.31. The third-order valence-corrected chi connectivity index (χ3v) is 3.77. The first-order chi connectivity index (χ1) is 8.27. The number of hydrogen-bond acceptors (Lipinski definition) is 3. The largest absolute Gasteiger partial charge is 0.496 e. The van der Waals surface area contributed by atoms with Gasteiger partial charge in [0.25, 0.3) is 0 Å². The molecule has 1 aliphatic heterocycles. The SMILES string of the molecule is COc1ccccc1[C@@H]1[C@@H](CN)CCCN1C. The van der Waals surface area contributed by atoms with E-state index >= 15 is 0 Å². The van der Waals surface area contributed by atoms with Crippen LogP contribution >= 0.6 is 0 Å². The van der Waals surface area contributed by atoms with Gasteiger partial charge in [0.15, 0.2) is 0 Å². The summed E-state index contributed by atoms with van der Waals surface area (Å²) in [7, 11) is 3.91. The molecule has 0 aliphatic carbocycles. The highest BCUT2D eigenvalue weighted by molar-refractivity contribution is 5.36. The Morgan fingerprint density at radius 3 is 2.88 bits per heavy atom. The van der Waals surface area contributed by atoms with Crippen LogP contribution in [0.4, 0.5) is 0 Å².